The molecule has 2 aromatic carbocycles. The Morgan fingerprint density at radius 3 is 2.52 bits per heavy atom. The minimum atomic E-state index is -0.582. The molecule has 4 aromatic rings. The lowest BCUT2D eigenvalue weighted by atomic mass is 10.2. The zero-order chi connectivity index (χ0) is 23.0. The average molecular weight is 465 g/mol. The molecular weight excluding hydrogens is 444 g/mol. The Bertz CT molecular complexity index is 1240. The second-order valence-electron chi connectivity index (χ2n) is 6.79. The van der Waals surface area contributed by atoms with E-state index in [1.54, 1.807) is 31.2 Å². The van der Waals surface area contributed by atoms with E-state index in [4.69, 9.17) is 13.7 Å². The van der Waals surface area contributed by atoms with E-state index < -0.39 is 11.8 Å². The topological polar surface area (TPSA) is 119 Å². The van der Waals surface area contributed by atoms with Gasteiger partial charge in [-0.05, 0) is 36.4 Å². The lowest BCUT2D eigenvalue weighted by Gasteiger charge is -2.09. The van der Waals surface area contributed by atoms with Crippen LogP contribution in [0.15, 0.2) is 80.6 Å². The Hall–Kier alpha value is -4.05. The predicted molar refractivity (Wildman–Crippen MR) is 119 cm³/mol. The van der Waals surface area contributed by atoms with E-state index in [1.807, 2.05) is 36.4 Å². The highest BCUT2D eigenvalue weighted by atomic mass is 32.2. The molecule has 0 fully saturated rings. The maximum absolute atomic E-state index is 12.6. The van der Waals surface area contributed by atoms with Crippen LogP contribution < -0.4 is 15.6 Å². The van der Waals surface area contributed by atoms with Crippen molar-refractivity contribution < 1.29 is 23.3 Å². The highest BCUT2D eigenvalue weighted by molar-refractivity contribution is 7.98. The van der Waals surface area contributed by atoms with Gasteiger partial charge in [-0.15, -0.1) is 11.8 Å². The van der Waals surface area contributed by atoms with Crippen molar-refractivity contribution in [1.29, 1.82) is 0 Å². The molecule has 0 radical (unpaired) electrons. The third kappa shape index (κ3) is 6.01. The minimum Gasteiger partial charge on any atom is -0.486 e. The van der Waals surface area contributed by atoms with Gasteiger partial charge in [0, 0.05) is 11.8 Å². The Kier molecular flexibility index (Phi) is 7.06. The molecule has 0 spiro atoms. The van der Waals surface area contributed by atoms with Gasteiger partial charge in [0.25, 0.3) is 5.91 Å². The summed E-state index contributed by atoms with van der Waals surface area (Å²) in [6.45, 7) is 1.89. The number of hydrazine groups is 1. The van der Waals surface area contributed by atoms with Gasteiger partial charge in [0.2, 0.25) is 5.89 Å². The summed E-state index contributed by atoms with van der Waals surface area (Å²) < 4.78 is 16.1. The summed E-state index contributed by atoms with van der Waals surface area (Å²) in [7, 11) is 0. The van der Waals surface area contributed by atoms with Gasteiger partial charge in [0.1, 0.15) is 18.1 Å². The van der Waals surface area contributed by atoms with Crippen LogP contribution in [0.5, 0.6) is 5.75 Å². The van der Waals surface area contributed by atoms with Crippen LogP contribution in [0.2, 0.25) is 0 Å². The summed E-state index contributed by atoms with van der Waals surface area (Å²) in [5, 5.41) is 3.85. The summed E-state index contributed by atoms with van der Waals surface area (Å²) in [5.41, 5.74) is 5.18. The predicted octanol–water partition coefficient (Wildman–Crippen LogP) is 3.92. The number of para-hydroxylation sites is 1. The lowest BCUT2D eigenvalue weighted by molar-refractivity contribution is 0.0827. The summed E-state index contributed by atoms with van der Waals surface area (Å²) in [6.07, 6.45) is 0. The van der Waals surface area contributed by atoms with E-state index in [0.717, 1.165) is 0 Å². The van der Waals surface area contributed by atoms with Crippen molar-refractivity contribution in [2.45, 2.75) is 24.2 Å². The SMILES string of the molecule is Cc1nc(CSc2ccccc2C(=O)NNC(=O)c2ccc(COc3ccccc3)o2)no1. The minimum absolute atomic E-state index is 0.0529. The summed E-state index contributed by atoms with van der Waals surface area (Å²) in [5.74, 6) is 1.63. The zero-order valence-electron chi connectivity index (χ0n) is 17.6. The van der Waals surface area contributed by atoms with Crippen molar-refractivity contribution in [3.05, 3.63) is 95.5 Å². The maximum Gasteiger partial charge on any atom is 0.305 e. The smallest absolute Gasteiger partial charge is 0.305 e. The number of amides is 2. The molecule has 2 amide bonds. The number of aryl methyl sites for hydroxylation is 1. The van der Waals surface area contributed by atoms with E-state index in [-0.39, 0.29) is 12.4 Å². The van der Waals surface area contributed by atoms with Gasteiger partial charge in [0.15, 0.2) is 11.6 Å². The van der Waals surface area contributed by atoms with Gasteiger partial charge in [0.05, 0.1) is 11.3 Å². The number of furan rings is 1. The number of aromatic nitrogens is 2. The number of hydrogen-bond donors (Lipinski definition) is 2. The van der Waals surface area contributed by atoms with E-state index in [9.17, 15) is 9.59 Å². The summed E-state index contributed by atoms with van der Waals surface area (Å²) in [4.78, 5) is 29.9. The molecule has 0 atom stereocenters. The normalized spacial score (nSPS) is 10.6. The first kappa shape index (κ1) is 22.2. The van der Waals surface area contributed by atoms with Gasteiger partial charge in [-0.2, -0.15) is 4.98 Å². The van der Waals surface area contributed by atoms with Crippen molar-refractivity contribution in [1.82, 2.24) is 21.0 Å². The molecule has 0 aliphatic carbocycles. The molecule has 0 unspecified atom stereocenters. The number of benzene rings is 2. The van der Waals surface area contributed by atoms with Crippen LogP contribution in [-0.2, 0) is 12.4 Å². The first-order chi connectivity index (χ1) is 16.1. The first-order valence-corrected chi connectivity index (χ1v) is 11.0. The number of rotatable bonds is 8. The fourth-order valence-corrected chi connectivity index (χ4v) is 3.71. The molecular formula is C23H20N4O5S. The standard InChI is InChI=1S/C23H20N4O5S/c1-15-24-21(27-32-15)14-33-20-10-6-5-9-18(20)22(28)25-26-23(29)19-12-11-17(31-19)13-30-16-7-3-2-4-8-16/h2-12H,13-14H2,1H3,(H,25,28)(H,26,29). The van der Waals surface area contributed by atoms with Crippen molar-refractivity contribution in [2.24, 2.45) is 0 Å². The Morgan fingerprint density at radius 1 is 0.970 bits per heavy atom. The van der Waals surface area contributed by atoms with E-state index in [1.165, 1.54) is 17.8 Å². The zero-order valence-corrected chi connectivity index (χ0v) is 18.4. The highest BCUT2D eigenvalue weighted by Gasteiger charge is 2.16. The van der Waals surface area contributed by atoms with Gasteiger partial charge in [-0.25, -0.2) is 0 Å². The Labute approximate surface area is 193 Å². The molecule has 2 N–H and O–H groups in total. The van der Waals surface area contributed by atoms with Crippen LogP contribution >= 0.6 is 11.8 Å². The Balaban J connectivity index is 1.30. The molecule has 0 saturated heterocycles. The van der Waals surface area contributed by atoms with E-state index >= 15 is 0 Å². The molecule has 0 aliphatic rings. The third-order valence-corrected chi connectivity index (χ3v) is 5.43. The van der Waals surface area contributed by atoms with Crippen LogP contribution in [0, 0.1) is 6.92 Å². The van der Waals surface area contributed by atoms with Gasteiger partial charge in [-0.3, -0.25) is 20.4 Å². The van der Waals surface area contributed by atoms with Gasteiger partial charge in [-0.1, -0.05) is 35.5 Å². The number of nitrogens with zero attached hydrogens (tertiary/aromatic N) is 2. The van der Waals surface area contributed by atoms with Crippen LogP contribution in [0.25, 0.3) is 0 Å². The largest absolute Gasteiger partial charge is 0.486 e. The number of ether oxygens (including phenoxy) is 1. The second-order valence-corrected chi connectivity index (χ2v) is 7.81. The van der Waals surface area contributed by atoms with E-state index in [0.29, 0.717) is 39.4 Å². The molecule has 33 heavy (non-hydrogen) atoms. The molecule has 0 bridgehead atoms. The lowest BCUT2D eigenvalue weighted by Crippen LogP contribution is -2.41. The van der Waals surface area contributed by atoms with E-state index in [2.05, 4.69) is 21.0 Å². The number of hydrogen-bond acceptors (Lipinski definition) is 8. The molecule has 0 saturated carbocycles. The van der Waals surface area contributed by atoms with Crippen LogP contribution in [-0.4, -0.2) is 22.0 Å². The quantitative estimate of drug-likeness (QED) is 0.297. The second kappa shape index (κ2) is 10.5. The van der Waals surface area contributed by atoms with Gasteiger partial charge < -0.3 is 13.7 Å². The average Bonchev–Trinajstić information content (AvgIpc) is 3.49. The van der Waals surface area contributed by atoms with Gasteiger partial charge >= 0.3 is 5.91 Å². The fourth-order valence-electron chi connectivity index (χ4n) is 2.81. The molecule has 4 rings (SSSR count). The molecule has 9 nitrogen and oxygen atoms in total. The maximum atomic E-state index is 12.6. The van der Waals surface area contributed by atoms with Crippen molar-refractivity contribution in [2.75, 3.05) is 0 Å². The first-order valence-electron chi connectivity index (χ1n) is 9.97. The number of carbonyl (C=O) groups is 2. The number of carbonyl (C=O) groups excluding carboxylic acids is 2. The van der Waals surface area contributed by atoms with Crippen molar-refractivity contribution >= 4 is 23.6 Å². The number of nitrogens with one attached hydrogen (secondary N) is 2. The third-order valence-electron chi connectivity index (χ3n) is 4.36. The molecule has 168 valence electrons. The fraction of sp³-hybridized carbons (Fsp3) is 0.130. The molecule has 2 heterocycles. The summed E-state index contributed by atoms with van der Waals surface area (Å²) >= 11 is 1.39. The highest BCUT2D eigenvalue weighted by Crippen LogP contribution is 2.25. The monoisotopic (exact) mass is 464 g/mol. The summed E-state index contributed by atoms with van der Waals surface area (Å²) in [6, 6.07) is 19.5. The Morgan fingerprint density at radius 2 is 1.73 bits per heavy atom. The molecule has 0 aliphatic heterocycles. The van der Waals surface area contributed by atoms with Crippen LogP contribution in [0.4, 0.5) is 0 Å². The van der Waals surface area contributed by atoms with Crippen LogP contribution in [0.3, 0.4) is 0 Å². The van der Waals surface area contributed by atoms with Crippen LogP contribution in [0.1, 0.15) is 38.4 Å². The molecule has 2 aromatic heterocycles. The molecule has 10 heteroatoms. The number of thioether (sulfide) groups is 1. The van der Waals surface area contributed by atoms with Crippen molar-refractivity contribution in [3.8, 4) is 5.75 Å². The van der Waals surface area contributed by atoms with Crippen molar-refractivity contribution in [3.63, 3.8) is 0 Å².